The topological polar surface area (TPSA) is 48.0 Å². The molecule has 4 rings (SSSR count). The van der Waals surface area contributed by atoms with Crippen molar-refractivity contribution in [1.29, 1.82) is 0 Å². The summed E-state index contributed by atoms with van der Waals surface area (Å²) in [5.74, 6) is 2.15. The molecular weight excluding hydrogens is 354 g/mol. The maximum Gasteiger partial charge on any atom is 0.249 e. The number of rotatable bonds is 6. The lowest BCUT2D eigenvalue weighted by molar-refractivity contribution is -0.139. The van der Waals surface area contributed by atoms with Gasteiger partial charge in [0.25, 0.3) is 0 Å². The minimum absolute atomic E-state index is 0.0447. The zero-order chi connectivity index (χ0) is 19.3. The molecule has 0 aromatic heterocycles. The maximum atomic E-state index is 12.8. The molecule has 0 spiro atoms. The summed E-state index contributed by atoms with van der Waals surface area (Å²) in [6.45, 7) is 0.942. The van der Waals surface area contributed by atoms with Crippen molar-refractivity contribution in [3.63, 3.8) is 0 Å². The van der Waals surface area contributed by atoms with Crippen LogP contribution in [0.25, 0.3) is 0 Å². The first kappa shape index (κ1) is 18.8. The highest BCUT2D eigenvalue weighted by molar-refractivity contribution is 5.77. The van der Waals surface area contributed by atoms with E-state index in [9.17, 15) is 4.79 Å². The first-order valence-electron chi connectivity index (χ1n) is 9.96. The molecule has 5 heteroatoms. The third-order valence-electron chi connectivity index (χ3n) is 5.79. The van der Waals surface area contributed by atoms with Gasteiger partial charge in [0.1, 0.15) is 6.61 Å². The van der Waals surface area contributed by atoms with Gasteiger partial charge in [-0.05, 0) is 54.9 Å². The number of benzene rings is 2. The monoisotopic (exact) mass is 381 g/mol. The standard InChI is InChI=1S/C23H27NO4/c1-26-15-23(25)24(14-17-7-12-21-22(13-17)28-16-27-21)20-10-8-19(9-11-20)18-5-3-2-4-6-18/h2-7,12-13,19-20H,8-11,14-16H2,1H3. The molecule has 1 heterocycles. The van der Waals surface area contributed by atoms with E-state index in [0.29, 0.717) is 12.5 Å². The van der Waals surface area contributed by atoms with Crippen molar-refractivity contribution in [2.45, 2.75) is 44.2 Å². The SMILES string of the molecule is COCC(=O)N(Cc1ccc2c(c1)OCO2)C1CCC(c2ccccc2)CC1. The fourth-order valence-electron chi connectivity index (χ4n) is 4.31. The van der Waals surface area contributed by atoms with Crippen LogP contribution in [0.4, 0.5) is 0 Å². The number of amides is 1. The molecule has 148 valence electrons. The fourth-order valence-corrected chi connectivity index (χ4v) is 4.31. The van der Waals surface area contributed by atoms with Crippen LogP contribution in [0.3, 0.4) is 0 Å². The normalized spacial score (nSPS) is 20.8. The molecule has 0 atom stereocenters. The minimum atomic E-state index is 0.0447. The number of hydrogen-bond acceptors (Lipinski definition) is 4. The summed E-state index contributed by atoms with van der Waals surface area (Å²) < 4.78 is 16.0. The second kappa shape index (κ2) is 8.65. The van der Waals surface area contributed by atoms with Gasteiger partial charge >= 0.3 is 0 Å². The highest BCUT2D eigenvalue weighted by Gasteiger charge is 2.29. The van der Waals surface area contributed by atoms with E-state index in [1.165, 1.54) is 5.56 Å². The number of methoxy groups -OCH3 is 1. The van der Waals surface area contributed by atoms with E-state index in [1.807, 2.05) is 23.1 Å². The molecule has 5 nitrogen and oxygen atoms in total. The van der Waals surface area contributed by atoms with Crippen LogP contribution in [0, 0.1) is 0 Å². The molecule has 2 aromatic rings. The van der Waals surface area contributed by atoms with Crippen molar-refractivity contribution >= 4 is 5.91 Å². The molecule has 1 amide bonds. The Kier molecular flexibility index (Phi) is 5.81. The van der Waals surface area contributed by atoms with Crippen molar-refractivity contribution in [3.05, 3.63) is 59.7 Å². The van der Waals surface area contributed by atoms with Crippen LogP contribution >= 0.6 is 0 Å². The van der Waals surface area contributed by atoms with E-state index in [1.54, 1.807) is 7.11 Å². The minimum Gasteiger partial charge on any atom is -0.454 e. The van der Waals surface area contributed by atoms with Gasteiger partial charge in [-0.25, -0.2) is 0 Å². The molecule has 2 aromatic carbocycles. The van der Waals surface area contributed by atoms with Gasteiger partial charge in [0.05, 0.1) is 0 Å². The highest BCUT2D eigenvalue weighted by atomic mass is 16.7. The second-order valence-corrected chi connectivity index (χ2v) is 7.56. The summed E-state index contributed by atoms with van der Waals surface area (Å²) in [7, 11) is 1.57. The van der Waals surface area contributed by atoms with E-state index in [4.69, 9.17) is 14.2 Å². The Hall–Kier alpha value is -2.53. The van der Waals surface area contributed by atoms with Gasteiger partial charge in [0.2, 0.25) is 12.7 Å². The van der Waals surface area contributed by atoms with Crippen molar-refractivity contribution in [1.82, 2.24) is 4.90 Å². The zero-order valence-electron chi connectivity index (χ0n) is 16.3. The predicted octanol–water partition coefficient (Wildman–Crippen LogP) is 4.12. The smallest absolute Gasteiger partial charge is 0.249 e. The lowest BCUT2D eigenvalue weighted by Gasteiger charge is -2.37. The number of nitrogens with zero attached hydrogens (tertiary/aromatic N) is 1. The van der Waals surface area contributed by atoms with Crippen LogP contribution in [-0.2, 0) is 16.1 Å². The van der Waals surface area contributed by atoms with Crippen LogP contribution in [-0.4, -0.2) is 37.4 Å². The summed E-state index contributed by atoms with van der Waals surface area (Å²) >= 11 is 0. The number of fused-ring (bicyclic) bond motifs is 1. The second-order valence-electron chi connectivity index (χ2n) is 7.56. The van der Waals surface area contributed by atoms with Crippen LogP contribution in [0.15, 0.2) is 48.5 Å². The Labute approximate surface area is 166 Å². The summed E-state index contributed by atoms with van der Waals surface area (Å²) in [6.07, 6.45) is 4.23. The van der Waals surface area contributed by atoms with Crippen LogP contribution < -0.4 is 9.47 Å². The lowest BCUT2D eigenvalue weighted by atomic mass is 9.81. The van der Waals surface area contributed by atoms with Gasteiger partial charge < -0.3 is 19.1 Å². The van der Waals surface area contributed by atoms with E-state index >= 15 is 0 Å². The van der Waals surface area contributed by atoms with Crippen molar-refractivity contribution < 1.29 is 19.0 Å². The Balaban J connectivity index is 1.45. The molecule has 1 aliphatic carbocycles. The average molecular weight is 381 g/mol. The van der Waals surface area contributed by atoms with E-state index in [2.05, 4.69) is 30.3 Å². The zero-order valence-corrected chi connectivity index (χ0v) is 16.3. The van der Waals surface area contributed by atoms with Crippen LogP contribution in [0.5, 0.6) is 11.5 Å². The van der Waals surface area contributed by atoms with Crippen LogP contribution in [0.1, 0.15) is 42.7 Å². The third-order valence-corrected chi connectivity index (χ3v) is 5.79. The number of hydrogen-bond donors (Lipinski definition) is 0. The molecule has 1 aliphatic heterocycles. The summed E-state index contributed by atoms with van der Waals surface area (Å²) in [4.78, 5) is 14.8. The van der Waals surface area contributed by atoms with Crippen molar-refractivity contribution in [2.75, 3.05) is 20.5 Å². The Morgan fingerprint density at radius 1 is 1.04 bits per heavy atom. The van der Waals surface area contributed by atoms with E-state index in [-0.39, 0.29) is 25.3 Å². The molecule has 0 radical (unpaired) electrons. The summed E-state index contributed by atoms with van der Waals surface area (Å²) in [5, 5.41) is 0. The van der Waals surface area contributed by atoms with E-state index in [0.717, 1.165) is 42.7 Å². The van der Waals surface area contributed by atoms with Crippen molar-refractivity contribution in [2.24, 2.45) is 0 Å². The number of ether oxygens (including phenoxy) is 3. The van der Waals surface area contributed by atoms with Gasteiger partial charge in [0, 0.05) is 19.7 Å². The molecule has 0 N–H and O–H groups in total. The molecule has 0 bridgehead atoms. The lowest BCUT2D eigenvalue weighted by Crippen LogP contribution is -2.43. The van der Waals surface area contributed by atoms with Crippen molar-refractivity contribution in [3.8, 4) is 11.5 Å². The van der Waals surface area contributed by atoms with Gasteiger partial charge in [-0.2, -0.15) is 0 Å². The van der Waals surface area contributed by atoms with Gasteiger partial charge in [-0.1, -0.05) is 36.4 Å². The first-order valence-corrected chi connectivity index (χ1v) is 9.96. The summed E-state index contributed by atoms with van der Waals surface area (Å²) in [5.41, 5.74) is 2.46. The maximum absolute atomic E-state index is 12.8. The van der Waals surface area contributed by atoms with Gasteiger partial charge in [-0.3, -0.25) is 4.79 Å². The highest BCUT2D eigenvalue weighted by Crippen LogP contribution is 2.36. The molecule has 2 aliphatic rings. The van der Waals surface area contributed by atoms with Gasteiger partial charge in [-0.15, -0.1) is 0 Å². The Bertz CT molecular complexity index is 800. The molecular formula is C23H27NO4. The molecule has 1 fully saturated rings. The number of carbonyl (C=O) groups is 1. The largest absolute Gasteiger partial charge is 0.454 e. The molecule has 28 heavy (non-hydrogen) atoms. The first-order chi connectivity index (χ1) is 13.7. The Morgan fingerprint density at radius 2 is 1.79 bits per heavy atom. The number of carbonyl (C=O) groups excluding carboxylic acids is 1. The molecule has 0 saturated heterocycles. The van der Waals surface area contributed by atoms with E-state index < -0.39 is 0 Å². The Morgan fingerprint density at radius 3 is 2.54 bits per heavy atom. The fraction of sp³-hybridized carbons (Fsp3) is 0.435. The van der Waals surface area contributed by atoms with Crippen LogP contribution in [0.2, 0.25) is 0 Å². The quantitative estimate of drug-likeness (QED) is 0.755. The predicted molar refractivity (Wildman–Crippen MR) is 106 cm³/mol. The van der Waals surface area contributed by atoms with Gasteiger partial charge in [0.15, 0.2) is 11.5 Å². The average Bonchev–Trinajstić information content (AvgIpc) is 3.21. The third kappa shape index (κ3) is 4.14. The molecule has 1 saturated carbocycles. The molecule has 0 unspecified atom stereocenters. The summed E-state index contributed by atoms with van der Waals surface area (Å²) in [6, 6.07) is 16.9.